The summed E-state index contributed by atoms with van der Waals surface area (Å²) in [6, 6.07) is 0.373. The fraction of sp³-hybridized carbons (Fsp3) is 0.676. The van der Waals surface area contributed by atoms with Crippen molar-refractivity contribution in [2.75, 3.05) is 6.54 Å². The highest BCUT2D eigenvalue weighted by Crippen LogP contribution is 2.58. The number of fused-ring (bicyclic) bond motifs is 7. The molecule has 1 saturated heterocycles. The van der Waals surface area contributed by atoms with Gasteiger partial charge in [0, 0.05) is 12.3 Å². The second-order valence-corrected chi connectivity index (χ2v) is 14.8. The number of benzene rings is 1. The van der Waals surface area contributed by atoms with Crippen molar-refractivity contribution in [2.45, 2.75) is 109 Å². The summed E-state index contributed by atoms with van der Waals surface area (Å²) in [5.74, 6) is -4.68. The zero-order chi connectivity index (χ0) is 34.8. The lowest BCUT2D eigenvalue weighted by Gasteiger charge is -2.35. The first kappa shape index (κ1) is 34.3. The van der Waals surface area contributed by atoms with Crippen LogP contribution >= 0.6 is 0 Å². The summed E-state index contributed by atoms with van der Waals surface area (Å²) >= 11 is 0. The smallest absolute Gasteiger partial charge is 0.416 e. The van der Waals surface area contributed by atoms with E-state index >= 15 is 8.78 Å². The Bertz CT molecular complexity index is 1580. The van der Waals surface area contributed by atoms with E-state index in [0.717, 1.165) is 24.6 Å². The molecule has 2 aliphatic carbocycles. The van der Waals surface area contributed by atoms with Crippen LogP contribution < -0.4 is 10.1 Å². The van der Waals surface area contributed by atoms with E-state index in [0.29, 0.717) is 43.8 Å². The Morgan fingerprint density at radius 2 is 1.77 bits per heavy atom. The topological polar surface area (TPSA) is 111 Å². The van der Waals surface area contributed by atoms with Crippen LogP contribution in [0, 0.1) is 29.1 Å². The van der Waals surface area contributed by atoms with Crippen LogP contribution in [0.5, 0.6) is 5.88 Å². The van der Waals surface area contributed by atoms with Gasteiger partial charge in [-0.2, -0.15) is 22.0 Å². The van der Waals surface area contributed by atoms with Gasteiger partial charge in [0.15, 0.2) is 5.69 Å². The number of nitrogens with one attached hydrogen (secondary N) is 1. The third-order valence-electron chi connectivity index (χ3n) is 10.6. The van der Waals surface area contributed by atoms with Crippen molar-refractivity contribution in [2.24, 2.45) is 29.1 Å². The van der Waals surface area contributed by atoms with Crippen LogP contribution in [0.3, 0.4) is 0 Å². The number of carbonyl (C=O) groups excluding carboxylic acids is 3. The van der Waals surface area contributed by atoms with Gasteiger partial charge in [0.1, 0.15) is 24.5 Å². The molecule has 1 aromatic heterocycles. The van der Waals surface area contributed by atoms with Crippen LogP contribution in [0.1, 0.15) is 83.9 Å². The lowest BCUT2D eigenvalue weighted by Crippen LogP contribution is -2.56. The third-order valence-corrected chi connectivity index (χ3v) is 10.6. The zero-order valence-corrected chi connectivity index (χ0v) is 27.4. The van der Waals surface area contributed by atoms with Crippen LogP contribution in [0.25, 0.3) is 11.0 Å². The number of alkyl halides is 5. The van der Waals surface area contributed by atoms with E-state index in [1.807, 2.05) is 0 Å². The number of hydrogen-bond donors (Lipinski definition) is 1. The van der Waals surface area contributed by atoms with E-state index in [2.05, 4.69) is 15.3 Å². The number of ether oxygens (including phenoxy) is 2. The Labute approximate surface area is 275 Å². The van der Waals surface area contributed by atoms with E-state index in [9.17, 15) is 27.6 Å². The molecule has 14 heteroatoms. The summed E-state index contributed by atoms with van der Waals surface area (Å²) in [5, 5.41) is 2.75. The van der Waals surface area contributed by atoms with Crippen LogP contribution in [0.4, 0.5) is 26.7 Å². The molecule has 1 aromatic carbocycles. The molecule has 2 amide bonds. The van der Waals surface area contributed by atoms with Crippen molar-refractivity contribution in [1.29, 1.82) is 0 Å². The molecule has 2 saturated carbocycles. The van der Waals surface area contributed by atoms with Crippen molar-refractivity contribution in [3.05, 3.63) is 29.5 Å². The number of nitrogens with zero attached hydrogens (tertiary/aromatic N) is 3. The lowest BCUT2D eigenvalue weighted by molar-refractivity contribution is -0.139. The minimum Gasteiger partial charge on any atom is -0.471 e. The maximum atomic E-state index is 16.1. The Kier molecular flexibility index (Phi) is 8.85. The number of hydrogen-bond acceptors (Lipinski definition) is 7. The molecule has 2 unspecified atom stereocenters. The van der Waals surface area contributed by atoms with Gasteiger partial charge in [0.05, 0.1) is 29.2 Å². The summed E-state index contributed by atoms with van der Waals surface area (Å²) < 4.78 is 84.8. The Morgan fingerprint density at radius 1 is 1.02 bits per heavy atom. The van der Waals surface area contributed by atoms with Crippen molar-refractivity contribution in [1.82, 2.24) is 20.2 Å². The SMILES string of the molecule is CC[C@@H]1[C@@H]2CN(C(=O)[C@H](C(C)(C)C)NC(=O)O[C@@H]3CC4CC4[C@H]3CCCCC(F)(F)c3nc4ccc(C(F)(F)F)cc4nc3O2)[C@@H]1C=O. The van der Waals surface area contributed by atoms with Gasteiger partial charge in [-0.25, -0.2) is 14.8 Å². The maximum Gasteiger partial charge on any atom is 0.416 e. The summed E-state index contributed by atoms with van der Waals surface area (Å²) in [6.07, 6.45) is -3.85. The minimum atomic E-state index is -4.71. The zero-order valence-electron chi connectivity index (χ0n) is 27.4. The molecular weight excluding hydrogens is 639 g/mol. The van der Waals surface area contributed by atoms with Crippen LogP contribution in [-0.2, 0) is 26.4 Å². The molecule has 4 aliphatic rings. The number of rotatable bonds is 2. The van der Waals surface area contributed by atoms with E-state index < -0.39 is 83.3 Å². The predicted octanol–water partition coefficient (Wildman–Crippen LogP) is 6.66. The van der Waals surface area contributed by atoms with Crippen molar-refractivity contribution < 1.29 is 45.8 Å². The normalized spacial score (nSPS) is 32.6. The minimum absolute atomic E-state index is 0.00308. The number of amides is 2. The fourth-order valence-corrected chi connectivity index (χ4v) is 7.92. The highest BCUT2D eigenvalue weighted by molar-refractivity contribution is 5.89. The van der Waals surface area contributed by atoms with Crippen LogP contribution in [-0.4, -0.2) is 64.0 Å². The predicted molar refractivity (Wildman–Crippen MR) is 163 cm³/mol. The fourth-order valence-electron chi connectivity index (χ4n) is 7.92. The van der Waals surface area contributed by atoms with Gasteiger partial charge in [0.2, 0.25) is 11.8 Å². The van der Waals surface area contributed by atoms with E-state index in [1.165, 1.54) is 4.90 Å². The first-order valence-corrected chi connectivity index (χ1v) is 16.7. The van der Waals surface area contributed by atoms with Gasteiger partial charge >= 0.3 is 12.3 Å². The van der Waals surface area contributed by atoms with Gasteiger partial charge in [-0.1, -0.05) is 34.1 Å². The Hall–Kier alpha value is -3.58. The van der Waals surface area contributed by atoms with Crippen LogP contribution in [0.15, 0.2) is 18.2 Å². The number of aromatic nitrogens is 2. The van der Waals surface area contributed by atoms with Gasteiger partial charge < -0.3 is 24.5 Å². The summed E-state index contributed by atoms with van der Waals surface area (Å²) in [4.78, 5) is 49.4. The molecule has 6 rings (SSSR count). The van der Waals surface area contributed by atoms with Gasteiger partial charge in [-0.3, -0.25) is 4.79 Å². The van der Waals surface area contributed by atoms with Crippen molar-refractivity contribution in [3.8, 4) is 5.88 Å². The number of alkyl carbamates (subject to hydrolysis) is 1. The largest absolute Gasteiger partial charge is 0.471 e. The summed E-state index contributed by atoms with van der Waals surface area (Å²) in [7, 11) is 0. The van der Waals surface area contributed by atoms with Crippen molar-refractivity contribution >= 4 is 29.3 Å². The molecule has 1 N–H and O–H groups in total. The molecule has 2 bridgehead atoms. The molecule has 8 atom stereocenters. The number of aldehydes is 1. The van der Waals surface area contributed by atoms with Crippen LogP contribution in [0.2, 0.25) is 0 Å². The second-order valence-electron chi connectivity index (χ2n) is 14.8. The maximum absolute atomic E-state index is 16.1. The lowest BCUT2D eigenvalue weighted by atomic mass is 9.85. The van der Waals surface area contributed by atoms with Gasteiger partial charge in [-0.05, 0) is 73.5 Å². The van der Waals surface area contributed by atoms with Crippen molar-refractivity contribution in [3.63, 3.8) is 0 Å². The first-order valence-electron chi connectivity index (χ1n) is 16.7. The first-order chi connectivity index (χ1) is 22.5. The quantitative estimate of drug-likeness (QED) is 0.279. The Balaban J connectivity index is 1.42. The number of carbonyl (C=O) groups is 3. The number of halogens is 5. The average Bonchev–Trinajstić information content (AvgIpc) is 3.55. The van der Waals surface area contributed by atoms with E-state index in [-0.39, 0.29) is 29.9 Å². The van der Waals surface area contributed by atoms with E-state index in [4.69, 9.17) is 9.47 Å². The monoisotopic (exact) mass is 680 g/mol. The highest BCUT2D eigenvalue weighted by atomic mass is 19.4. The molecule has 0 radical (unpaired) electrons. The van der Waals surface area contributed by atoms with Gasteiger partial charge in [-0.15, -0.1) is 0 Å². The van der Waals surface area contributed by atoms with E-state index in [1.54, 1.807) is 27.7 Å². The Morgan fingerprint density at radius 3 is 2.44 bits per heavy atom. The molecule has 2 aliphatic heterocycles. The molecule has 9 nitrogen and oxygen atoms in total. The molecule has 48 heavy (non-hydrogen) atoms. The molecule has 262 valence electrons. The van der Waals surface area contributed by atoms with Gasteiger partial charge in [0.25, 0.3) is 5.92 Å². The molecule has 3 fully saturated rings. The second kappa shape index (κ2) is 12.4. The standard InChI is InChI=1S/C34H41F5N4O5/c1-5-19-24(16-44)43-15-26(19)47-29-27(40-22-10-9-18(34(37,38)39)14-23(22)41-29)33(35,36)11-7-6-8-20-21-12-17(21)13-25(20)48-31(46)42-28(30(43)45)32(2,3)4/h9-10,14,16-17,19-21,24-26,28H,5-8,11-13,15H2,1-4H3,(H,42,46)/t17?,19-,20+,21?,24+,25+,26-,28+/m0/s1. The summed E-state index contributed by atoms with van der Waals surface area (Å²) in [5.41, 5.74) is -3.07. The molecule has 0 spiro atoms. The molecule has 3 heterocycles. The highest BCUT2D eigenvalue weighted by Gasteiger charge is 2.55. The summed E-state index contributed by atoms with van der Waals surface area (Å²) in [6.45, 7) is 6.83. The average molecular weight is 681 g/mol. The third kappa shape index (κ3) is 6.55. The molecular formula is C34H41F5N4O5. The molecule has 2 aromatic rings.